The number of hydrogen-bond acceptors (Lipinski definition) is 4. The van der Waals surface area contributed by atoms with Gasteiger partial charge < -0.3 is 14.8 Å². The topological polar surface area (TPSA) is 85.0 Å². The summed E-state index contributed by atoms with van der Waals surface area (Å²) in [6.45, 7) is 4.96. The Morgan fingerprint density at radius 3 is 2.81 bits per heavy atom. The van der Waals surface area contributed by atoms with Crippen LogP contribution in [0, 0.1) is 13.8 Å². The van der Waals surface area contributed by atoms with Crippen LogP contribution in [0.2, 0.25) is 0 Å². The van der Waals surface area contributed by atoms with Crippen LogP contribution >= 0.6 is 0 Å². The summed E-state index contributed by atoms with van der Waals surface area (Å²) in [6.07, 6.45) is 4.47. The van der Waals surface area contributed by atoms with Crippen molar-refractivity contribution in [1.82, 2.24) is 24.2 Å². The molecule has 1 fully saturated rings. The third kappa shape index (κ3) is 2.89. The van der Waals surface area contributed by atoms with Gasteiger partial charge in [-0.2, -0.15) is 5.10 Å². The number of nitrogens with zero attached hydrogens (tertiary/aromatic N) is 5. The first-order valence-corrected chi connectivity index (χ1v) is 10.6. The molecule has 0 radical (unpaired) electrons. The fourth-order valence-corrected chi connectivity index (χ4v) is 5.20. The molecule has 1 aromatic carbocycles. The zero-order valence-corrected chi connectivity index (χ0v) is 18.0. The maximum absolute atomic E-state index is 13.4. The summed E-state index contributed by atoms with van der Waals surface area (Å²) in [7, 11) is 1.91. The van der Waals surface area contributed by atoms with Gasteiger partial charge in [-0.1, -0.05) is 18.2 Å². The van der Waals surface area contributed by atoms with Gasteiger partial charge in [-0.25, -0.2) is 4.98 Å². The number of para-hydroxylation sites is 1. The van der Waals surface area contributed by atoms with E-state index in [2.05, 4.69) is 15.4 Å². The molecule has 1 spiro atoms. The Morgan fingerprint density at radius 2 is 2.10 bits per heavy atom. The number of nitrogens with one attached hydrogen (secondary N) is 1. The van der Waals surface area contributed by atoms with Crippen molar-refractivity contribution in [3.05, 3.63) is 65.5 Å². The Hall–Kier alpha value is -3.42. The summed E-state index contributed by atoms with van der Waals surface area (Å²) >= 11 is 0. The van der Waals surface area contributed by atoms with Crippen LogP contribution in [0.15, 0.2) is 42.7 Å². The summed E-state index contributed by atoms with van der Waals surface area (Å²) in [6, 6.07) is 9.33. The largest absolute Gasteiger partial charge is 0.336 e. The van der Waals surface area contributed by atoms with Gasteiger partial charge in [0.05, 0.1) is 5.69 Å². The molecule has 0 aliphatic carbocycles. The lowest BCUT2D eigenvalue weighted by molar-refractivity contribution is -0.134. The van der Waals surface area contributed by atoms with Crippen LogP contribution in [0.1, 0.15) is 41.7 Å². The maximum atomic E-state index is 13.4. The van der Waals surface area contributed by atoms with Crippen molar-refractivity contribution in [2.45, 2.75) is 44.7 Å². The molecule has 3 aromatic rings. The lowest BCUT2D eigenvalue weighted by atomic mass is 9.74. The minimum Gasteiger partial charge on any atom is -0.336 e. The number of amides is 2. The van der Waals surface area contributed by atoms with Crippen LogP contribution in [0.4, 0.5) is 5.69 Å². The van der Waals surface area contributed by atoms with Crippen LogP contribution in [-0.4, -0.2) is 42.6 Å². The van der Waals surface area contributed by atoms with E-state index in [0.717, 1.165) is 28.5 Å². The fraction of sp³-hybridized carbons (Fsp3) is 0.391. The molecule has 2 aromatic heterocycles. The number of imidazole rings is 1. The second-order valence-corrected chi connectivity index (χ2v) is 8.51. The molecule has 0 bridgehead atoms. The van der Waals surface area contributed by atoms with Crippen molar-refractivity contribution >= 4 is 17.5 Å². The summed E-state index contributed by atoms with van der Waals surface area (Å²) in [4.78, 5) is 33.2. The molecule has 0 saturated carbocycles. The molecular formula is C23H26N6O2. The Morgan fingerprint density at radius 1 is 1.29 bits per heavy atom. The average Bonchev–Trinajstić information content (AvgIpc) is 3.48. The number of likely N-dealkylation sites (tertiary alicyclic amines) is 1. The Labute approximate surface area is 180 Å². The molecule has 2 aliphatic heterocycles. The molecule has 2 atom stereocenters. The molecule has 2 aliphatic rings. The van der Waals surface area contributed by atoms with E-state index >= 15 is 0 Å². The van der Waals surface area contributed by atoms with Crippen LogP contribution in [-0.2, 0) is 28.6 Å². The predicted molar refractivity (Wildman–Crippen MR) is 115 cm³/mol. The molecule has 4 heterocycles. The Bertz CT molecular complexity index is 1180. The SMILES string of the molecule is Cc1cc(C)n(CCC(=O)N2CC[C@]3(C(=O)Nc4ccccc43)[C@@H]2c2nccn2C)n1. The van der Waals surface area contributed by atoms with Crippen LogP contribution in [0.25, 0.3) is 0 Å². The number of aryl methyl sites for hydroxylation is 4. The highest BCUT2D eigenvalue weighted by Crippen LogP contribution is 2.54. The van der Waals surface area contributed by atoms with E-state index in [1.165, 1.54) is 0 Å². The third-order valence-electron chi connectivity index (χ3n) is 6.65. The van der Waals surface area contributed by atoms with Gasteiger partial charge in [-0.3, -0.25) is 14.3 Å². The number of aromatic nitrogens is 4. The molecule has 1 N–H and O–H groups in total. The molecule has 8 nitrogen and oxygen atoms in total. The lowest BCUT2D eigenvalue weighted by Crippen LogP contribution is -2.44. The van der Waals surface area contributed by atoms with E-state index in [1.54, 1.807) is 6.20 Å². The first-order chi connectivity index (χ1) is 14.9. The summed E-state index contributed by atoms with van der Waals surface area (Å²) < 4.78 is 3.78. The molecule has 31 heavy (non-hydrogen) atoms. The van der Waals surface area contributed by atoms with Gasteiger partial charge in [0.25, 0.3) is 0 Å². The van der Waals surface area contributed by atoms with Crippen LogP contribution in [0.5, 0.6) is 0 Å². The molecule has 0 unspecified atom stereocenters. The van der Waals surface area contributed by atoms with E-state index in [9.17, 15) is 9.59 Å². The number of benzene rings is 1. The minimum atomic E-state index is -0.830. The predicted octanol–water partition coefficient (Wildman–Crippen LogP) is 2.49. The Balaban J connectivity index is 1.51. The molecular weight excluding hydrogens is 392 g/mol. The Kier molecular flexibility index (Phi) is 4.46. The van der Waals surface area contributed by atoms with E-state index in [-0.39, 0.29) is 11.8 Å². The highest BCUT2D eigenvalue weighted by Gasteiger charge is 2.60. The van der Waals surface area contributed by atoms with E-state index < -0.39 is 11.5 Å². The number of carbonyl (C=O) groups excluding carboxylic acids is 2. The number of rotatable bonds is 4. The van der Waals surface area contributed by atoms with Crippen LogP contribution in [0.3, 0.4) is 0 Å². The van der Waals surface area contributed by atoms with E-state index in [4.69, 9.17) is 0 Å². The number of carbonyl (C=O) groups is 2. The van der Waals surface area contributed by atoms with Gasteiger partial charge in [-0.15, -0.1) is 0 Å². The second-order valence-electron chi connectivity index (χ2n) is 8.51. The van der Waals surface area contributed by atoms with Gasteiger partial charge >= 0.3 is 0 Å². The standard InChI is InChI=1S/C23H26N6O2/c1-15-14-16(2)29(26-15)11-8-19(30)28-12-9-23(20(28)21-24-10-13-27(21)3)17-6-4-5-7-18(17)25-22(23)31/h4-7,10,13-14,20H,8-9,11-12H2,1-3H3,(H,25,31)/t20-,23+/m0/s1. The van der Waals surface area contributed by atoms with Gasteiger partial charge in [0, 0.05) is 50.3 Å². The maximum Gasteiger partial charge on any atom is 0.237 e. The first kappa shape index (κ1) is 19.5. The lowest BCUT2D eigenvalue weighted by Gasteiger charge is -2.33. The smallest absolute Gasteiger partial charge is 0.237 e. The molecule has 1 saturated heterocycles. The van der Waals surface area contributed by atoms with Crippen molar-refractivity contribution < 1.29 is 9.59 Å². The molecule has 160 valence electrons. The van der Waals surface area contributed by atoms with Crippen molar-refractivity contribution in [3.8, 4) is 0 Å². The van der Waals surface area contributed by atoms with Gasteiger partial charge in [-0.05, 0) is 38.0 Å². The summed E-state index contributed by atoms with van der Waals surface area (Å²) in [5.74, 6) is 0.675. The monoisotopic (exact) mass is 418 g/mol. The first-order valence-electron chi connectivity index (χ1n) is 10.6. The quantitative estimate of drug-likeness (QED) is 0.705. The van der Waals surface area contributed by atoms with E-state index in [1.807, 2.05) is 71.6 Å². The fourth-order valence-electron chi connectivity index (χ4n) is 5.20. The van der Waals surface area contributed by atoms with Gasteiger partial charge in [0.2, 0.25) is 11.8 Å². The zero-order chi connectivity index (χ0) is 21.8. The summed E-state index contributed by atoms with van der Waals surface area (Å²) in [5.41, 5.74) is 2.91. The molecule has 2 amide bonds. The van der Waals surface area contributed by atoms with Crippen molar-refractivity contribution in [2.24, 2.45) is 7.05 Å². The highest BCUT2D eigenvalue weighted by molar-refractivity contribution is 6.07. The van der Waals surface area contributed by atoms with Crippen molar-refractivity contribution in [1.29, 1.82) is 0 Å². The molecule has 5 rings (SSSR count). The average molecular weight is 419 g/mol. The van der Waals surface area contributed by atoms with Crippen molar-refractivity contribution in [2.75, 3.05) is 11.9 Å². The highest BCUT2D eigenvalue weighted by atomic mass is 16.2. The zero-order valence-electron chi connectivity index (χ0n) is 18.0. The van der Waals surface area contributed by atoms with E-state index in [0.29, 0.717) is 25.9 Å². The molecule has 8 heteroatoms. The summed E-state index contributed by atoms with van der Waals surface area (Å²) in [5, 5.41) is 7.51. The van der Waals surface area contributed by atoms with Crippen LogP contribution < -0.4 is 5.32 Å². The normalized spacial score (nSPS) is 22.2. The van der Waals surface area contributed by atoms with Gasteiger partial charge in [0.1, 0.15) is 17.3 Å². The minimum absolute atomic E-state index is 0.00890. The van der Waals surface area contributed by atoms with Gasteiger partial charge in [0.15, 0.2) is 0 Å². The third-order valence-corrected chi connectivity index (χ3v) is 6.65. The number of anilines is 1. The second kappa shape index (κ2) is 7.08. The number of hydrogen-bond donors (Lipinski definition) is 1. The van der Waals surface area contributed by atoms with Crippen molar-refractivity contribution in [3.63, 3.8) is 0 Å². The number of fused-ring (bicyclic) bond motifs is 2.